The van der Waals surface area contributed by atoms with Crippen molar-refractivity contribution in [1.82, 2.24) is 10.6 Å². The summed E-state index contributed by atoms with van der Waals surface area (Å²) in [6.45, 7) is 4.06. The number of carbonyl (C=O) groups is 2. The van der Waals surface area contributed by atoms with Gasteiger partial charge in [0.05, 0.1) is 6.42 Å². The first kappa shape index (κ1) is 16.2. The molecule has 0 unspecified atom stereocenters. The van der Waals surface area contributed by atoms with Crippen LogP contribution in [-0.4, -0.2) is 36.6 Å². The molecule has 1 heterocycles. The van der Waals surface area contributed by atoms with E-state index in [1.807, 2.05) is 6.92 Å². The average molecular weight is 265 g/mol. The molecule has 1 aliphatic heterocycles. The van der Waals surface area contributed by atoms with Gasteiger partial charge in [0.25, 0.3) is 0 Å². The maximum absolute atomic E-state index is 11.6. The van der Waals surface area contributed by atoms with Gasteiger partial charge in [0, 0.05) is 13.0 Å². The molecule has 1 saturated heterocycles. The molecule has 0 aromatic carbocycles. The molecule has 3 N–H and O–H groups in total. The van der Waals surface area contributed by atoms with Crippen molar-refractivity contribution in [3.63, 3.8) is 0 Å². The molecular formula is C11H21ClN2O3. The van der Waals surface area contributed by atoms with E-state index in [9.17, 15) is 9.59 Å². The minimum Gasteiger partial charge on any atom is -0.481 e. The minimum absolute atomic E-state index is 0. The first-order valence-electron chi connectivity index (χ1n) is 5.77. The van der Waals surface area contributed by atoms with E-state index in [0.29, 0.717) is 13.0 Å². The van der Waals surface area contributed by atoms with Gasteiger partial charge in [-0.25, -0.2) is 0 Å². The smallest absolute Gasteiger partial charge is 0.303 e. The van der Waals surface area contributed by atoms with E-state index in [1.54, 1.807) is 0 Å². The second-order valence-electron chi connectivity index (χ2n) is 4.45. The topological polar surface area (TPSA) is 78.4 Å². The Labute approximate surface area is 108 Å². The Morgan fingerprint density at radius 2 is 1.88 bits per heavy atom. The molecule has 1 rings (SSSR count). The molecule has 1 fully saturated rings. The molecule has 5 nitrogen and oxygen atoms in total. The number of rotatable bonds is 5. The van der Waals surface area contributed by atoms with E-state index in [1.165, 1.54) is 0 Å². The molecule has 0 aromatic heterocycles. The van der Waals surface area contributed by atoms with Gasteiger partial charge in [-0.1, -0.05) is 0 Å². The maximum Gasteiger partial charge on any atom is 0.303 e. The lowest BCUT2D eigenvalue weighted by Gasteiger charge is -2.35. The van der Waals surface area contributed by atoms with Gasteiger partial charge in [-0.3, -0.25) is 9.59 Å². The second-order valence-corrected chi connectivity index (χ2v) is 4.45. The number of halogens is 1. The number of carboxylic acids is 1. The van der Waals surface area contributed by atoms with Gasteiger partial charge < -0.3 is 15.7 Å². The molecule has 0 bridgehead atoms. The number of carboxylic acid groups (broad SMARTS) is 1. The van der Waals surface area contributed by atoms with Crippen LogP contribution in [0.2, 0.25) is 0 Å². The SMILES string of the molecule is CCNC(=O)CC1(CC(=O)O)CCNCC1.Cl. The Morgan fingerprint density at radius 1 is 1.29 bits per heavy atom. The van der Waals surface area contributed by atoms with E-state index >= 15 is 0 Å². The van der Waals surface area contributed by atoms with Crippen LogP contribution in [0.15, 0.2) is 0 Å². The van der Waals surface area contributed by atoms with Crippen molar-refractivity contribution in [3.05, 3.63) is 0 Å². The van der Waals surface area contributed by atoms with Gasteiger partial charge >= 0.3 is 5.97 Å². The standard InChI is InChI=1S/C11H20N2O3.ClH/c1-2-13-9(14)7-11(8-10(15)16)3-5-12-6-4-11;/h12H,2-8H2,1H3,(H,13,14)(H,15,16);1H. The van der Waals surface area contributed by atoms with Crippen molar-refractivity contribution in [1.29, 1.82) is 0 Å². The van der Waals surface area contributed by atoms with Crippen LogP contribution in [-0.2, 0) is 9.59 Å². The van der Waals surface area contributed by atoms with Crippen LogP contribution in [0.5, 0.6) is 0 Å². The van der Waals surface area contributed by atoms with Crippen molar-refractivity contribution in [2.45, 2.75) is 32.6 Å². The fraction of sp³-hybridized carbons (Fsp3) is 0.818. The van der Waals surface area contributed by atoms with E-state index < -0.39 is 5.97 Å². The molecule has 1 aliphatic rings. The number of amides is 1. The Morgan fingerprint density at radius 3 is 2.35 bits per heavy atom. The van der Waals surface area contributed by atoms with Gasteiger partial charge in [0.2, 0.25) is 5.91 Å². The third-order valence-electron chi connectivity index (χ3n) is 3.10. The summed E-state index contributed by atoms with van der Waals surface area (Å²) in [6, 6.07) is 0. The van der Waals surface area contributed by atoms with Crippen LogP contribution in [0.3, 0.4) is 0 Å². The van der Waals surface area contributed by atoms with Gasteiger partial charge in [-0.2, -0.15) is 0 Å². The fourth-order valence-corrected chi connectivity index (χ4v) is 2.29. The molecule has 17 heavy (non-hydrogen) atoms. The molecule has 0 aromatic rings. The summed E-state index contributed by atoms with van der Waals surface area (Å²) in [7, 11) is 0. The summed E-state index contributed by atoms with van der Waals surface area (Å²) < 4.78 is 0. The minimum atomic E-state index is -0.814. The zero-order valence-electron chi connectivity index (χ0n) is 10.1. The highest BCUT2D eigenvalue weighted by atomic mass is 35.5. The van der Waals surface area contributed by atoms with Crippen molar-refractivity contribution >= 4 is 24.3 Å². The third kappa shape index (κ3) is 5.37. The van der Waals surface area contributed by atoms with E-state index in [-0.39, 0.29) is 30.2 Å². The summed E-state index contributed by atoms with van der Waals surface area (Å²) in [4.78, 5) is 22.4. The van der Waals surface area contributed by atoms with Gasteiger partial charge in [-0.15, -0.1) is 12.4 Å². The molecule has 0 radical (unpaired) electrons. The second kappa shape index (κ2) is 7.50. The number of nitrogens with one attached hydrogen (secondary N) is 2. The van der Waals surface area contributed by atoms with Crippen LogP contribution >= 0.6 is 12.4 Å². The number of piperidine rings is 1. The lowest BCUT2D eigenvalue weighted by Crippen LogP contribution is -2.41. The first-order chi connectivity index (χ1) is 7.58. The monoisotopic (exact) mass is 264 g/mol. The van der Waals surface area contributed by atoms with E-state index in [0.717, 1.165) is 25.9 Å². The lowest BCUT2D eigenvalue weighted by molar-refractivity contribution is -0.141. The lowest BCUT2D eigenvalue weighted by atomic mass is 9.73. The van der Waals surface area contributed by atoms with Crippen LogP contribution in [0.25, 0.3) is 0 Å². The van der Waals surface area contributed by atoms with Crippen LogP contribution in [0.1, 0.15) is 32.6 Å². The highest BCUT2D eigenvalue weighted by molar-refractivity contribution is 5.85. The van der Waals surface area contributed by atoms with E-state index in [2.05, 4.69) is 10.6 Å². The predicted octanol–water partition coefficient (Wildman–Crippen LogP) is 0.779. The quantitative estimate of drug-likeness (QED) is 0.686. The fourth-order valence-electron chi connectivity index (χ4n) is 2.29. The summed E-state index contributed by atoms with van der Waals surface area (Å²) in [5.41, 5.74) is -0.351. The molecule has 0 atom stereocenters. The molecule has 0 saturated carbocycles. The Kier molecular flexibility index (Phi) is 7.15. The van der Waals surface area contributed by atoms with Crippen molar-refractivity contribution < 1.29 is 14.7 Å². The molecule has 1 amide bonds. The van der Waals surface area contributed by atoms with Crippen molar-refractivity contribution in [2.24, 2.45) is 5.41 Å². The number of hydrogen-bond donors (Lipinski definition) is 3. The number of carbonyl (C=O) groups excluding carboxylic acids is 1. The van der Waals surface area contributed by atoms with Crippen LogP contribution in [0.4, 0.5) is 0 Å². The van der Waals surface area contributed by atoms with Gasteiger partial charge in [-0.05, 0) is 38.3 Å². The summed E-state index contributed by atoms with van der Waals surface area (Å²) in [5, 5.41) is 14.9. The average Bonchev–Trinajstić information content (AvgIpc) is 2.17. The predicted molar refractivity (Wildman–Crippen MR) is 67.3 cm³/mol. The summed E-state index contributed by atoms with van der Waals surface area (Å²) in [5.74, 6) is -0.850. The molecular weight excluding hydrogens is 244 g/mol. The molecule has 0 spiro atoms. The summed E-state index contributed by atoms with van der Waals surface area (Å²) >= 11 is 0. The number of aliphatic carboxylic acids is 1. The first-order valence-corrected chi connectivity index (χ1v) is 5.77. The molecule has 6 heteroatoms. The van der Waals surface area contributed by atoms with Gasteiger partial charge in [0.1, 0.15) is 0 Å². The zero-order valence-corrected chi connectivity index (χ0v) is 10.9. The van der Waals surface area contributed by atoms with E-state index in [4.69, 9.17) is 5.11 Å². The molecule has 0 aliphatic carbocycles. The Hall–Kier alpha value is -0.810. The Bertz CT molecular complexity index is 265. The van der Waals surface area contributed by atoms with Crippen LogP contribution < -0.4 is 10.6 Å². The zero-order chi connectivity index (χ0) is 12.0. The Balaban J connectivity index is 0.00000256. The highest BCUT2D eigenvalue weighted by Crippen LogP contribution is 2.36. The van der Waals surface area contributed by atoms with Gasteiger partial charge in [0.15, 0.2) is 0 Å². The third-order valence-corrected chi connectivity index (χ3v) is 3.10. The van der Waals surface area contributed by atoms with Crippen molar-refractivity contribution in [3.8, 4) is 0 Å². The summed E-state index contributed by atoms with van der Waals surface area (Å²) in [6.07, 6.45) is 1.94. The van der Waals surface area contributed by atoms with Crippen molar-refractivity contribution in [2.75, 3.05) is 19.6 Å². The normalized spacial score (nSPS) is 17.9. The maximum atomic E-state index is 11.6. The highest BCUT2D eigenvalue weighted by Gasteiger charge is 2.36. The number of hydrogen-bond acceptors (Lipinski definition) is 3. The largest absolute Gasteiger partial charge is 0.481 e. The van der Waals surface area contributed by atoms with Crippen LogP contribution in [0, 0.1) is 5.41 Å². The molecule has 100 valence electrons.